The Labute approximate surface area is 107 Å². The fourth-order valence-electron chi connectivity index (χ4n) is 1.35. The Kier molecular flexibility index (Phi) is 8.17. The summed E-state index contributed by atoms with van der Waals surface area (Å²) in [4.78, 5) is 5.63. The predicted octanol–water partition coefficient (Wildman–Crippen LogP) is 1.85. The van der Waals surface area contributed by atoms with Crippen LogP contribution in [0.1, 0.15) is 23.2 Å². The number of aromatic nitrogens is 1. The number of hydrogen-bond donors (Lipinski definition) is 1. The highest BCUT2D eigenvalue weighted by molar-refractivity contribution is 7.11. The van der Waals surface area contributed by atoms with Crippen LogP contribution in [-0.4, -0.2) is 38.5 Å². The van der Waals surface area contributed by atoms with Gasteiger partial charge in [-0.3, -0.25) is 0 Å². The van der Waals surface area contributed by atoms with Gasteiger partial charge in [-0.1, -0.05) is 6.92 Å². The summed E-state index contributed by atoms with van der Waals surface area (Å²) in [6.07, 6.45) is 4.02. The minimum atomic E-state index is 0.675. The summed E-state index contributed by atoms with van der Waals surface area (Å²) in [7, 11) is 1.69. The van der Waals surface area contributed by atoms with Crippen LogP contribution in [0, 0.1) is 0 Å². The van der Waals surface area contributed by atoms with Gasteiger partial charge in [-0.05, 0) is 19.4 Å². The summed E-state index contributed by atoms with van der Waals surface area (Å²) in [5.74, 6) is 0. The molecule has 0 aliphatic rings. The van der Waals surface area contributed by atoms with Crippen molar-refractivity contribution < 1.29 is 9.47 Å². The summed E-state index contributed by atoms with van der Waals surface area (Å²) in [5, 5.41) is 4.60. The van der Waals surface area contributed by atoms with E-state index in [9.17, 15) is 0 Å². The average Bonchev–Trinajstić information content (AvgIpc) is 2.80. The van der Waals surface area contributed by atoms with Crippen molar-refractivity contribution in [1.82, 2.24) is 10.3 Å². The van der Waals surface area contributed by atoms with Crippen LogP contribution < -0.4 is 5.32 Å². The van der Waals surface area contributed by atoms with E-state index in [1.165, 1.54) is 9.88 Å². The monoisotopic (exact) mass is 258 g/mol. The molecule has 0 radical (unpaired) electrons. The van der Waals surface area contributed by atoms with Gasteiger partial charge in [0.2, 0.25) is 0 Å². The number of hydrogen-bond acceptors (Lipinski definition) is 5. The normalized spacial score (nSPS) is 10.9. The summed E-state index contributed by atoms with van der Waals surface area (Å²) >= 11 is 1.79. The van der Waals surface area contributed by atoms with Gasteiger partial charge in [-0.15, -0.1) is 11.3 Å². The van der Waals surface area contributed by atoms with E-state index < -0.39 is 0 Å². The number of nitrogens with one attached hydrogen (secondary N) is 1. The van der Waals surface area contributed by atoms with Crippen molar-refractivity contribution in [3.63, 3.8) is 0 Å². The van der Waals surface area contributed by atoms with Gasteiger partial charge in [0.1, 0.15) is 0 Å². The molecule has 1 aromatic rings. The average molecular weight is 258 g/mol. The molecule has 4 nitrogen and oxygen atoms in total. The minimum absolute atomic E-state index is 0.675. The lowest BCUT2D eigenvalue weighted by Crippen LogP contribution is -2.16. The molecule has 0 aliphatic carbocycles. The van der Waals surface area contributed by atoms with E-state index in [-0.39, 0.29) is 0 Å². The zero-order valence-corrected chi connectivity index (χ0v) is 11.5. The van der Waals surface area contributed by atoms with Crippen LogP contribution in [0.3, 0.4) is 0 Å². The van der Waals surface area contributed by atoms with E-state index in [1.54, 1.807) is 18.4 Å². The highest BCUT2D eigenvalue weighted by atomic mass is 32.1. The van der Waals surface area contributed by atoms with Crippen molar-refractivity contribution in [1.29, 1.82) is 0 Å². The van der Waals surface area contributed by atoms with Crippen molar-refractivity contribution in [3.05, 3.63) is 16.1 Å². The van der Waals surface area contributed by atoms with Crippen molar-refractivity contribution in [2.75, 3.05) is 33.5 Å². The summed E-state index contributed by atoms with van der Waals surface area (Å²) in [6, 6.07) is 0. The van der Waals surface area contributed by atoms with Crippen molar-refractivity contribution >= 4 is 11.3 Å². The second-order valence-corrected chi connectivity index (χ2v) is 4.91. The number of aryl methyl sites for hydroxylation is 1. The quantitative estimate of drug-likeness (QED) is 0.650. The molecule has 5 heteroatoms. The van der Waals surface area contributed by atoms with Gasteiger partial charge in [0.05, 0.1) is 18.2 Å². The van der Waals surface area contributed by atoms with E-state index in [1.807, 2.05) is 6.20 Å². The second-order valence-electron chi connectivity index (χ2n) is 3.71. The van der Waals surface area contributed by atoms with Gasteiger partial charge in [0, 0.05) is 31.3 Å². The molecule has 0 saturated carbocycles. The lowest BCUT2D eigenvalue weighted by Gasteiger charge is -2.04. The standard InChI is InChI=1S/C12H22N2O2S/c1-3-12-14-10-11(17-12)9-13-5-4-6-16-8-7-15-2/h10,13H,3-9H2,1-2H3. The maximum Gasteiger partial charge on any atom is 0.0925 e. The van der Waals surface area contributed by atoms with E-state index >= 15 is 0 Å². The lowest BCUT2D eigenvalue weighted by molar-refractivity contribution is 0.0695. The molecule has 0 saturated heterocycles. The number of thiazole rings is 1. The Morgan fingerprint density at radius 1 is 1.35 bits per heavy atom. The first-order valence-electron chi connectivity index (χ1n) is 6.07. The first-order chi connectivity index (χ1) is 8.36. The molecule has 0 bridgehead atoms. The minimum Gasteiger partial charge on any atom is -0.382 e. The molecule has 17 heavy (non-hydrogen) atoms. The summed E-state index contributed by atoms with van der Waals surface area (Å²) < 4.78 is 10.3. The molecule has 0 aliphatic heterocycles. The zero-order chi connectivity index (χ0) is 12.3. The van der Waals surface area contributed by atoms with Crippen LogP contribution in [0.5, 0.6) is 0 Å². The van der Waals surface area contributed by atoms with Crippen LogP contribution in [0.15, 0.2) is 6.20 Å². The number of nitrogens with zero attached hydrogens (tertiary/aromatic N) is 1. The molecule has 0 amide bonds. The SMILES string of the molecule is CCc1ncc(CNCCCOCCOC)s1. The maximum absolute atomic E-state index is 5.37. The smallest absolute Gasteiger partial charge is 0.0925 e. The highest BCUT2D eigenvalue weighted by Crippen LogP contribution is 2.12. The van der Waals surface area contributed by atoms with Crippen molar-refractivity contribution in [3.8, 4) is 0 Å². The van der Waals surface area contributed by atoms with Gasteiger partial charge in [0.25, 0.3) is 0 Å². The third-order valence-corrected chi connectivity index (χ3v) is 3.42. The summed E-state index contributed by atoms with van der Waals surface area (Å²) in [6.45, 7) is 6.17. The Bertz CT molecular complexity index is 292. The number of methoxy groups -OCH3 is 1. The van der Waals surface area contributed by atoms with E-state index in [0.29, 0.717) is 13.2 Å². The first kappa shape index (κ1) is 14.6. The molecule has 1 N–H and O–H groups in total. The Hall–Kier alpha value is -0.490. The third-order valence-electron chi connectivity index (χ3n) is 2.28. The van der Waals surface area contributed by atoms with Crippen molar-refractivity contribution in [2.45, 2.75) is 26.3 Å². The van der Waals surface area contributed by atoms with Crippen LogP contribution >= 0.6 is 11.3 Å². The Balaban J connectivity index is 1.93. The predicted molar refractivity (Wildman–Crippen MR) is 70.5 cm³/mol. The van der Waals surface area contributed by atoms with Crippen LogP contribution in [0.2, 0.25) is 0 Å². The van der Waals surface area contributed by atoms with Crippen LogP contribution in [0.25, 0.3) is 0 Å². The largest absolute Gasteiger partial charge is 0.382 e. The molecule has 1 aromatic heterocycles. The second kappa shape index (κ2) is 9.53. The molecule has 0 aromatic carbocycles. The van der Waals surface area contributed by atoms with Crippen LogP contribution in [-0.2, 0) is 22.4 Å². The molecular weight excluding hydrogens is 236 g/mol. The maximum atomic E-state index is 5.37. The first-order valence-corrected chi connectivity index (χ1v) is 6.89. The molecule has 0 unspecified atom stereocenters. The van der Waals surface area contributed by atoms with Gasteiger partial charge in [-0.2, -0.15) is 0 Å². The third kappa shape index (κ3) is 6.73. The summed E-state index contributed by atoms with van der Waals surface area (Å²) in [5.41, 5.74) is 0. The van der Waals surface area contributed by atoms with E-state index in [4.69, 9.17) is 9.47 Å². The van der Waals surface area contributed by atoms with Crippen molar-refractivity contribution in [2.24, 2.45) is 0 Å². The molecule has 98 valence electrons. The molecule has 0 fully saturated rings. The molecule has 1 heterocycles. The molecular formula is C12H22N2O2S. The Morgan fingerprint density at radius 3 is 2.94 bits per heavy atom. The van der Waals surface area contributed by atoms with Gasteiger partial charge in [-0.25, -0.2) is 4.98 Å². The van der Waals surface area contributed by atoms with E-state index in [2.05, 4.69) is 17.2 Å². The van der Waals surface area contributed by atoms with Crippen LogP contribution in [0.4, 0.5) is 0 Å². The van der Waals surface area contributed by atoms with Gasteiger partial charge >= 0.3 is 0 Å². The topological polar surface area (TPSA) is 43.4 Å². The fraction of sp³-hybridized carbons (Fsp3) is 0.750. The van der Waals surface area contributed by atoms with E-state index in [0.717, 1.165) is 32.5 Å². The molecule has 0 spiro atoms. The fourth-order valence-corrected chi connectivity index (χ4v) is 2.18. The number of rotatable bonds is 10. The lowest BCUT2D eigenvalue weighted by atomic mass is 10.4. The Morgan fingerprint density at radius 2 is 2.24 bits per heavy atom. The highest BCUT2D eigenvalue weighted by Gasteiger charge is 1.99. The van der Waals surface area contributed by atoms with Gasteiger partial charge in [0.15, 0.2) is 0 Å². The number of ether oxygens (including phenoxy) is 2. The molecule has 1 rings (SSSR count). The molecule has 0 atom stereocenters. The van der Waals surface area contributed by atoms with Gasteiger partial charge < -0.3 is 14.8 Å². The zero-order valence-electron chi connectivity index (χ0n) is 10.7.